The van der Waals surface area contributed by atoms with Gasteiger partial charge in [-0.3, -0.25) is 14.4 Å². The number of carbonyl (C=O) groups is 4. The van der Waals surface area contributed by atoms with Gasteiger partial charge in [0, 0.05) is 19.1 Å². The molecule has 2 aromatic carbocycles. The zero-order valence-corrected chi connectivity index (χ0v) is 17.5. The highest BCUT2D eigenvalue weighted by atomic mass is 16.5. The maximum absolute atomic E-state index is 12.7. The number of aromatic nitrogens is 2. The van der Waals surface area contributed by atoms with Gasteiger partial charge in [0.25, 0.3) is 17.7 Å². The van der Waals surface area contributed by atoms with E-state index in [-0.39, 0.29) is 47.3 Å². The van der Waals surface area contributed by atoms with Crippen molar-refractivity contribution in [2.45, 2.75) is 13.0 Å². The van der Waals surface area contributed by atoms with E-state index in [1.54, 1.807) is 12.1 Å². The van der Waals surface area contributed by atoms with Crippen molar-refractivity contribution < 1.29 is 31.8 Å². The van der Waals surface area contributed by atoms with Gasteiger partial charge in [0.05, 0.1) is 14.0 Å². The van der Waals surface area contributed by atoms with Gasteiger partial charge in [-0.25, -0.2) is 14.8 Å². The number of carbonyl (C=O) groups excluding carboxylic acids is 3. The SMILES string of the molecule is [2H]C([2H])(NC(=O)c1cc(C(=O)NCc2ccc(C(=O)O)cc2)ncn1)c1ccc2c(c1)NC(=O)CO2. The van der Waals surface area contributed by atoms with E-state index < -0.39 is 24.3 Å². The molecule has 0 atom stereocenters. The molecule has 0 spiro atoms. The zero-order valence-electron chi connectivity index (χ0n) is 19.5. The number of benzene rings is 2. The molecule has 1 aromatic heterocycles. The molecule has 4 N–H and O–H groups in total. The van der Waals surface area contributed by atoms with Crippen LogP contribution >= 0.6 is 0 Å². The topological polar surface area (TPSA) is 160 Å². The number of hydrogen-bond acceptors (Lipinski definition) is 7. The van der Waals surface area contributed by atoms with E-state index in [4.69, 9.17) is 12.6 Å². The summed E-state index contributed by atoms with van der Waals surface area (Å²) >= 11 is 0. The van der Waals surface area contributed by atoms with Crippen molar-refractivity contribution in [3.8, 4) is 5.75 Å². The molecule has 0 radical (unpaired) electrons. The first-order valence-corrected chi connectivity index (χ1v) is 9.94. The number of nitrogens with zero attached hydrogens (tertiary/aromatic N) is 2. The molecule has 0 saturated heterocycles. The second-order valence-electron chi connectivity index (χ2n) is 7.10. The van der Waals surface area contributed by atoms with E-state index in [0.717, 1.165) is 12.4 Å². The van der Waals surface area contributed by atoms with E-state index in [0.29, 0.717) is 11.3 Å². The second kappa shape index (κ2) is 9.77. The summed E-state index contributed by atoms with van der Waals surface area (Å²) < 4.78 is 21.8. The van der Waals surface area contributed by atoms with Crippen LogP contribution in [0.1, 0.15) is 45.2 Å². The highest BCUT2D eigenvalue weighted by Gasteiger charge is 2.17. The van der Waals surface area contributed by atoms with Crippen molar-refractivity contribution in [3.05, 3.63) is 82.9 Å². The Bertz CT molecular complexity index is 1360. The van der Waals surface area contributed by atoms with Gasteiger partial charge < -0.3 is 25.8 Å². The van der Waals surface area contributed by atoms with Crippen molar-refractivity contribution in [3.63, 3.8) is 0 Å². The molecule has 0 fully saturated rings. The molecule has 0 saturated carbocycles. The van der Waals surface area contributed by atoms with Crippen LogP contribution in [0.15, 0.2) is 54.9 Å². The first-order valence-electron chi connectivity index (χ1n) is 10.9. The maximum atomic E-state index is 12.7. The Morgan fingerprint density at radius 1 is 1.00 bits per heavy atom. The van der Waals surface area contributed by atoms with Crippen LogP contribution in [0.5, 0.6) is 5.75 Å². The molecule has 34 heavy (non-hydrogen) atoms. The molecule has 2 heterocycles. The normalized spacial score (nSPS) is 13.4. The molecule has 3 aromatic rings. The average molecular weight is 463 g/mol. The van der Waals surface area contributed by atoms with Gasteiger partial charge in [-0.2, -0.15) is 0 Å². The Morgan fingerprint density at radius 3 is 2.38 bits per heavy atom. The lowest BCUT2D eigenvalue weighted by Gasteiger charge is -2.18. The number of amides is 3. The Labute approximate surface area is 196 Å². The van der Waals surface area contributed by atoms with Crippen LogP contribution in [0.3, 0.4) is 0 Å². The van der Waals surface area contributed by atoms with Gasteiger partial charge in [-0.1, -0.05) is 18.2 Å². The number of fused-ring (bicyclic) bond motifs is 1. The molecule has 4 rings (SSSR count). The molecule has 0 aliphatic carbocycles. The predicted molar refractivity (Wildman–Crippen MR) is 118 cm³/mol. The Hall–Kier alpha value is -4.80. The van der Waals surface area contributed by atoms with Gasteiger partial charge >= 0.3 is 5.97 Å². The van der Waals surface area contributed by atoms with Crippen LogP contribution in [0.25, 0.3) is 0 Å². The van der Waals surface area contributed by atoms with E-state index in [9.17, 15) is 19.2 Å². The van der Waals surface area contributed by atoms with Crippen molar-refractivity contribution in [1.82, 2.24) is 20.6 Å². The number of hydrogen-bond donors (Lipinski definition) is 4. The molecule has 1 aliphatic heterocycles. The summed E-state index contributed by atoms with van der Waals surface area (Å²) in [7, 11) is 0. The quantitative estimate of drug-likeness (QED) is 0.409. The van der Waals surface area contributed by atoms with Crippen LogP contribution in [-0.4, -0.2) is 45.4 Å². The van der Waals surface area contributed by atoms with E-state index in [1.165, 1.54) is 30.3 Å². The van der Waals surface area contributed by atoms with E-state index in [2.05, 4.69) is 25.9 Å². The molecule has 172 valence electrons. The van der Waals surface area contributed by atoms with Crippen LogP contribution in [-0.2, 0) is 17.8 Å². The predicted octanol–water partition coefficient (Wildman–Crippen LogP) is 1.37. The van der Waals surface area contributed by atoms with Crippen LogP contribution in [0.4, 0.5) is 5.69 Å². The third-order valence-electron chi connectivity index (χ3n) is 4.72. The van der Waals surface area contributed by atoms with Crippen molar-refractivity contribution in [2.75, 3.05) is 11.9 Å². The summed E-state index contributed by atoms with van der Waals surface area (Å²) in [6, 6.07) is 11.3. The second-order valence-corrected chi connectivity index (χ2v) is 7.10. The summed E-state index contributed by atoms with van der Waals surface area (Å²) in [6.45, 7) is -2.40. The number of carboxylic acids is 1. The first-order chi connectivity index (χ1) is 17.1. The summed E-state index contributed by atoms with van der Waals surface area (Å²) in [4.78, 5) is 55.3. The molecule has 0 unspecified atom stereocenters. The van der Waals surface area contributed by atoms with Gasteiger partial charge in [-0.05, 0) is 35.4 Å². The fourth-order valence-electron chi connectivity index (χ4n) is 3.00. The first kappa shape index (κ1) is 19.9. The van der Waals surface area contributed by atoms with Crippen molar-refractivity contribution in [1.29, 1.82) is 0 Å². The van der Waals surface area contributed by atoms with Gasteiger partial charge in [0.1, 0.15) is 23.5 Å². The third-order valence-corrected chi connectivity index (χ3v) is 4.72. The van der Waals surface area contributed by atoms with Gasteiger partial charge in [0.2, 0.25) is 0 Å². The molecule has 11 heteroatoms. The zero-order chi connectivity index (χ0) is 25.9. The minimum absolute atomic E-state index is 0.0568. The van der Waals surface area contributed by atoms with E-state index in [1.807, 2.05) is 0 Å². The minimum Gasteiger partial charge on any atom is -0.482 e. The lowest BCUT2D eigenvalue weighted by atomic mass is 10.1. The summed E-state index contributed by atoms with van der Waals surface area (Å²) in [5.74, 6) is -2.56. The van der Waals surface area contributed by atoms with Crippen LogP contribution in [0.2, 0.25) is 0 Å². The number of rotatable bonds is 7. The van der Waals surface area contributed by atoms with Crippen LogP contribution in [0, 0.1) is 0 Å². The third kappa shape index (κ3) is 5.33. The molecular formula is C23H19N5O6. The van der Waals surface area contributed by atoms with Gasteiger partial charge in [0.15, 0.2) is 6.61 Å². The molecular weight excluding hydrogens is 442 g/mol. The number of anilines is 1. The van der Waals surface area contributed by atoms with Crippen molar-refractivity contribution in [2.24, 2.45) is 0 Å². The lowest BCUT2D eigenvalue weighted by Crippen LogP contribution is -2.27. The smallest absolute Gasteiger partial charge is 0.335 e. The standard InChI is InChI=1S/C23H19N5O6/c29-20-11-34-19-6-3-14(7-16(19)28-20)10-25-22(31)18-8-17(26-12-27-18)21(30)24-9-13-1-4-15(5-2-13)23(32)33/h1-8,12H,9-11H2,(H,24,30)(H,25,31)(H,28,29)(H,32,33)/i10D2. The molecule has 0 bridgehead atoms. The highest BCUT2D eigenvalue weighted by Crippen LogP contribution is 2.28. The molecule has 3 amide bonds. The van der Waals surface area contributed by atoms with E-state index >= 15 is 0 Å². The lowest BCUT2D eigenvalue weighted by molar-refractivity contribution is -0.118. The number of aromatic carboxylic acids is 1. The van der Waals surface area contributed by atoms with Crippen molar-refractivity contribution >= 4 is 29.4 Å². The fraction of sp³-hybridized carbons (Fsp3) is 0.130. The minimum atomic E-state index is -2.34. The molecule has 11 nitrogen and oxygen atoms in total. The Kier molecular flexibility index (Phi) is 5.71. The Balaban J connectivity index is 1.42. The Morgan fingerprint density at radius 2 is 1.68 bits per heavy atom. The average Bonchev–Trinajstić information content (AvgIpc) is 2.86. The monoisotopic (exact) mass is 463 g/mol. The summed E-state index contributed by atoms with van der Waals surface area (Å²) in [5.41, 5.74) is 0.748. The number of carboxylic acid groups (broad SMARTS) is 1. The molecule has 1 aliphatic rings. The number of nitrogens with one attached hydrogen (secondary N) is 3. The highest BCUT2D eigenvalue weighted by molar-refractivity contribution is 5.97. The number of ether oxygens (including phenoxy) is 1. The van der Waals surface area contributed by atoms with Crippen LogP contribution < -0.4 is 20.7 Å². The fourth-order valence-corrected chi connectivity index (χ4v) is 3.00. The summed E-state index contributed by atoms with van der Waals surface area (Å²) in [5, 5.41) is 16.3. The summed E-state index contributed by atoms with van der Waals surface area (Å²) in [6.07, 6.45) is 1.01. The van der Waals surface area contributed by atoms with Gasteiger partial charge in [-0.15, -0.1) is 0 Å². The largest absolute Gasteiger partial charge is 0.482 e. The maximum Gasteiger partial charge on any atom is 0.335 e.